The van der Waals surface area contributed by atoms with Gasteiger partial charge >= 0.3 is 18.5 Å². The molecule has 0 aliphatic carbocycles. The predicted molar refractivity (Wildman–Crippen MR) is 57.3 cm³/mol. The molecular weight excluding hydrogens is 384 g/mol. The van der Waals surface area contributed by atoms with Gasteiger partial charge in [-0.05, 0) is 28.1 Å². The molecule has 0 N–H and O–H groups in total. The van der Waals surface area contributed by atoms with Crippen molar-refractivity contribution in [2.75, 3.05) is 6.61 Å². The second-order valence-electron chi connectivity index (χ2n) is 3.63. The van der Waals surface area contributed by atoms with Gasteiger partial charge in [0.15, 0.2) is 6.61 Å². The lowest BCUT2D eigenvalue weighted by Gasteiger charge is -2.20. The zero-order valence-electron chi connectivity index (χ0n) is 9.66. The molecular formula is C10H5BrF8O2. The van der Waals surface area contributed by atoms with Crippen LogP contribution in [0.1, 0.15) is 0 Å². The van der Waals surface area contributed by atoms with Crippen molar-refractivity contribution in [1.82, 2.24) is 0 Å². The van der Waals surface area contributed by atoms with Crippen molar-refractivity contribution >= 4 is 15.9 Å². The third kappa shape index (κ3) is 5.21. The molecule has 0 amide bonds. The highest BCUT2D eigenvalue weighted by Crippen LogP contribution is 2.37. The summed E-state index contributed by atoms with van der Waals surface area (Å²) in [6.07, 6.45) is -10.9. The number of benzene rings is 1. The maximum absolute atomic E-state index is 12.6. The van der Waals surface area contributed by atoms with Crippen LogP contribution in [0.4, 0.5) is 35.1 Å². The van der Waals surface area contributed by atoms with E-state index in [1.165, 1.54) is 0 Å². The van der Waals surface area contributed by atoms with E-state index >= 15 is 0 Å². The molecule has 1 rings (SSSR count). The lowest BCUT2D eigenvalue weighted by atomic mass is 10.3. The summed E-state index contributed by atoms with van der Waals surface area (Å²) < 4.78 is 105. The van der Waals surface area contributed by atoms with E-state index in [-0.39, 0.29) is 4.47 Å². The highest BCUT2D eigenvalue weighted by molar-refractivity contribution is 9.10. The van der Waals surface area contributed by atoms with E-state index in [4.69, 9.17) is 0 Å². The minimum Gasteiger partial charge on any atom is -0.486 e. The van der Waals surface area contributed by atoms with Crippen LogP contribution in [-0.2, 0) is 0 Å². The summed E-state index contributed by atoms with van der Waals surface area (Å²) in [5.41, 5.74) is 0. The van der Waals surface area contributed by atoms with Crippen LogP contribution in [0, 0.1) is 0 Å². The average molecular weight is 389 g/mol. The van der Waals surface area contributed by atoms with Crippen molar-refractivity contribution in [2.24, 2.45) is 0 Å². The molecule has 21 heavy (non-hydrogen) atoms. The molecule has 0 heterocycles. The van der Waals surface area contributed by atoms with Crippen LogP contribution >= 0.6 is 15.9 Å². The zero-order valence-corrected chi connectivity index (χ0v) is 11.2. The predicted octanol–water partition coefficient (Wildman–Crippen LogP) is 4.92. The molecule has 11 heteroatoms. The summed E-state index contributed by atoms with van der Waals surface area (Å²) in [5.74, 6) is -6.62. The van der Waals surface area contributed by atoms with Crippen molar-refractivity contribution in [2.45, 2.75) is 18.5 Å². The van der Waals surface area contributed by atoms with Crippen molar-refractivity contribution in [3.8, 4) is 11.5 Å². The van der Waals surface area contributed by atoms with Crippen LogP contribution in [0.25, 0.3) is 0 Å². The molecule has 0 radical (unpaired) electrons. The zero-order chi connectivity index (χ0) is 16.5. The fourth-order valence-electron chi connectivity index (χ4n) is 1.04. The average Bonchev–Trinajstić information content (AvgIpc) is 2.26. The number of hydrogen-bond acceptors (Lipinski definition) is 2. The number of rotatable bonds is 4. The minimum absolute atomic E-state index is 0.116. The van der Waals surface area contributed by atoms with Gasteiger partial charge in [-0.15, -0.1) is 13.2 Å². The molecule has 0 fully saturated rings. The number of hydrogen-bond donors (Lipinski definition) is 0. The molecule has 0 spiro atoms. The van der Waals surface area contributed by atoms with Gasteiger partial charge in [-0.3, -0.25) is 0 Å². The van der Waals surface area contributed by atoms with Gasteiger partial charge in [-0.2, -0.15) is 22.0 Å². The van der Waals surface area contributed by atoms with Crippen molar-refractivity contribution in [3.63, 3.8) is 0 Å². The molecule has 0 unspecified atom stereocenters. The van der Waals surface area contributed by atoms with Gasteiger partial charge < -0.3 is 9.47 Å². The minimum atomic E-state index is -5.83. The summed E-state index contributed by atoms with van der Waals surface area (Å²) in [6, 6.07) is 2.30. The maximum Gasteiger partial charge on any atom is 0.573 e. The molecule has 0 aliphatic rings. The van der Waals surface area contributed by atoms with E-state index in [2.05, 4.69) is 25.4 Å². The molecule has 1 aromatic rings. The Bertz CT molecular complexity index is 497. The molecule has 0 aliphatic heterocycles. The van der Waals surface area contributed by atoms with Gasteiger partial charge in [0, 0.05) is 6.07 Å². The van der Waals surface area contributed by atoms with Gasteiger partial charge in [0.25, 0.3) is 0 Å². The smallest absolute Gasteiger partial charge is 0.486 e. The molecule has 0 bridgehead atoms. The van der Waals surface area contributed by atoms with E-state index in [0.717, 1.165) is 12.1 Å². The Morgan fingerprint density at radius 2 is 1.52 bits per heavy atom. The van der Waals surface area contributed by atoms with Crippen molar-refractivity contribution in [3.05, 3.63) is 22.7 Å². The first kappa shape index (κ1) is 17.8. The first-order valence-electron chi connectivity index (χ1n) is 4.94. The van der Waals surface area contributed by atoms with Gasteiger partial charge in [0.05, 0.1) is 4.47 Å². The van der Waals surface area contributed by atoms with Crippen molar-refractivity contribution < 1.29 is 44.6 Å². The van der Waals surface area contributed by atoms with Gasteiger partial charge in [-0.1, -0.05) is 0 Å². The second-order valence-corrected chi connectivity index (χ2v) is 4.49. The summed E-state index contributed by atoms with van der Waals surface area (Å²) in [4.78, 5) is 0. The summed E-state index contributed by atoms with van der Waals surface area (Å²) in [5, 5.41) is 0. The monoisotopic (exact) mass is 388 g/mol. The molecule has 0 saturated carbocycles. The van der Waals surface area contributed by atoms with Crippen LogP contribution in [0.15, 0.2) is 22.7 Å². The first-order valence-corrected chi connectivity index (χ1v) is 5.74. The molecule has 1 aromatic carbocycles. The lowest BCUT2D eigenvalue weighted by molar-refractivity contribution is -0.290. The summed E-state index contributed by atoms with van der Waals surface area (Å²) in [6.45, 7) is -2.08. The fraction of sp³-hybridized carbons (Fsp3) is 0.400. The molecule has 0 saturated heterocycles. The molecule has 2 nitrogen and oxygen atoms in total. The Morgan fingerprint density at radius 1 is 0.952 bits per heavy atom. The number of halogens is 9. The number of alkyl halides is 8. The normalized spacial score (nSPS) is 13.2. The maximum atomic E-state index is 12.6. The molecule has 0 atom stereocenters. The topological polar surface area (TPSA) is 18.5 Å². The lowest BCUT2D eigenvalue weighted by Crippen LogP contribution is -2.41. The molecule has 0 aromatic heterocycles. The Kier molecular flexibility index (Phi) is 4.96. The van der Waals surface area contributed by atoms with Gasteiger partial charge in [-0.25, -0.2) is 0 Å². The standard InChI is InChI=1S/C10H5BrF8O2/c11-6-2-1-5(21-10(17,18)19)3-7(6)20-4-8(12,13)9(14,15)16/h1-3H,4H2. The van der Waals surface area contributed by atoms with Gasteiger partial charge in [0.2, 0.25) is 0 Å². The van der Waals surface area contributed by atoms with Gasteiger partial charge in [0.1, 0.15) is 11.5 Å². The largest absolute Gasteiger partial charge is 0.573 e. The van der Waals surface area contributed by atoms with Crippen LogP contribution < -0.4 is 9.47 Å². The van der Waals surface area contributed by atoms with Crippen LogP contribution in [-0.4, -0.2) is 25.1 Å². The van der Waals surface area contributed by atoms with Crippen LogP contribution in [0.2, 0.25) is 0 Å². The Balaban J connectivity index is 2.87. The Hall–Kier alpha value is -1.26. The van der Waals surface area contributed by atoms with Crippen LogP contribution in [0.3, 0.4) is 0 Å². The summed E-state index contributed by atoms with van der Waals surface area (Å²) >= 11 is 2.74. The van der Waals surface area contributed by atoms with E-state index < -0.39 is 36.6 Å². The summed E-state index contributed by atoms with van der Waals surface area (Å²) in [7, 11) is 0. The Labute approximate surface area is 120 Å². The van der Waals surface area contributed by atoms with E-state index in [9.17, 15) is 35.1 Å². The number of ether oxygens (including phenoxy) is 2. The van der Waals surface area contributed by atoms with E-state index in [1.54, 1.807) is 0 Å². The molecule has 120 valence electrons. The highest BCUT2D eigenvalue weighted by Gasteiger charge is 2.58. The van der Waals surface area contributed by atoms with Crippen LogP contribution in [0.5, 0.6) is 11.5 Å². The van der Waals surface area contributed by atoms with Crippen molar-refractivity contribution in [1.29, 1.82) is 0 Å². The highest BCUT2D eigenvalue weighted by atomic mass is 79.9. The second kappa shape index (κ2) is 5.85. The third-order valence-corrected chi connectivity index (χ3v) is 2.62. The first-order chi connectivity index (χ1) is 9.32. The van der Waals surface area contributed by atoms with E-state index in [1.807, 2.05) is 0 Å². The Morgan fingerprint density at radius 3 is 2.00 bits per heavy atom. The SMILES string of the molecule is FC(F)(F)Oc1ccc(Br)c(OCC(F)(F)C(F)(F)F)c1. The van der Waals surface area contributed by atoms with E-state index in [0.29, 0.717) is 6.07 Å². The fourth-order valence-corrected chi connectivity index (χ4v) is 1.40. The third-order valence-electron chi connectivity index (χ3n) is 1.96. The quantitative estimate of drug-likeness (QED) is 0.681.